The van der Waals surface area contributed by atoms with Crippen LogP contribution in [-0.4, -0.2) is 13.0 Å². The average Bonchev–Trinajstić information content (AvgIpc) is 2.70. The molecule has 1 aromatic carbocycles. The summed E-state index contributed by atoms with van der Waals surface area (Å²) in [6.07, 6.45) is 5.87. The monoisotopic (exact) mass is 306 g/mol. The fraction of sp³-hybridized carbons (Fsp3) is 0.529. The van der Waals surface area contributed by atoms with Gasteiger partial charge >= 0.3 is 0 Å². The Kier molecular flexibility index (Phi) is 3.12. The van der Waals surface area contributed by atoms with Crippen molar-refractivity contribution < 1.29 is 13.0 Å². The molecule has 114 valence electrons. The van der Waals surface area contributed by atoms with Gasteiger partial charge < -0.3 is 0 Å². The van der Waals surface area contributed by atoms with Gasteiger partial charge in [0.15, 0.2) is 0 Å². The average molecular weight is 306 g/mol. The molecule has 3 rings (SSSR count). The molecule has 0 radical (unpaired) electrons. The fourth-order valence-electron chi connectivity index (χ4n) is 4.21. The summed E-state index contributed by atoms with van der Waals surface area (Å²) >= 11 is 0. The first-order valence-electron chi connectivity index (χ1n) is 7.42. The maximum atomic E-state index is 11.1. The van der Waals surface area contributed by atoms with E-state index in [0.717, 1.165) is 12.0 Å². The van der Waals surface area contributed by atoms with Crippen LogP contribution in [0, 0.1) is 16.7 Å². The van der Waals surface area contributed by atoms with Crippen molar-refractivity contribution in [3.8, 4) is 0 Å². The first-order valence-corrected chi connectivity index (χ1v) is 8.86. The second-order valence-electron chi connectivity index (χ2n) is 7.31. The van der Waals surface area contributed by atoms with Crippen molar-refractivity contribution >= 4 is 16.2 Å². The lowest BCUT2D eigenvalue weighted by molar-refractivity contribution is 0.152. The van der Waals surface area contributed by atoms with Gasteiger partial charge in [0, 0.05) is 0 Å². The molecule has 21 heavy (non-hydrogen) atoms. The van der Waals surface area contributed by atoms with Crippen LogP contribution in [0.4, 0.5) is 0 Å². The molecular formula is C17H22O3S. The third-order valence-electron chi connectivity index (χ3n) is 5.98. The molecule has 0 heterocycles. The van der Waals surface area contributed by atoms with Gasteiger partial charge in [-0.1, -0.05) is 44.6 Å². The summed E-state index contributed by atoms with van der Waals surface area (Å²) in [6.45, 7) is 7.12. The standard InChI is InChI=1S/C17H22O3S/c1-16(2)15-8-9-17(16,3)11-13(15)10-12-4-6-14(7-5-12)21(18,19)20/h4-7,10,15H,8-9,11H2,1-3H3,(H,18,19,20). The first kappa shape index (κ1) is 14.8. The van der Waals surface area contributed by atoms with Crippen LogP contribution in [0.25, 0.3) is 6.08 Å². The van der Waals surface area contributed by atoms with Crippen LogP contribution in [0.1, 0.15) is 45.6 Å². The summed E-state index contributed by atoms with van der Waals surface area (Å²) < 4.78 is 31.1. The van der Waals surface area contributed by atoms with E-state index in [-0.39, 0.29) is 4.90 Å². The Morgan fingerprint density at radius 2 is 1.81 bits per heavy atom. The van der Waals surface area contributed by atoms with E-state index in [1.165, 1.54) is 30.5 Å². The summed E-state index contributed by atoms with van der Waals surface area (Å²) in [5, 5.41) is 0. The molecule has 1 aromatic rings. The van der Waals surface area contributed by atoms with Gasteiger partial charge in [0.1, 0.15) is 0 Å². The fourth-order valence-corrected chi connectivity index (χ4v) is 4.69. The van der Waals surface area contributed by atoms with Gasteiger partial charge in [0.25, 0.3) is 10.1 Å². The van der Waals surface area contributed by atoms with Crippen LogP contribution in [-0.2, 0) is 10.1 Å². The summed E-state index contributed by atoms with van der Waals surface area (Å²) in [5.74, 6) is 0.628. The Morgan fingerprint density at radius 3 is 2.24 bits per heavy atom. The second-order valence-corrected chi connectivity index (χ2v) is 8.74. The van der Waals surface area contributed by atoms with Crippen molar-refractivity contribution in [3.63, 3.8) is 0 Å². The molecule has 0 spiro atoms. The minimum absolute atomic E-state index is 0.0510. The molecule has 3 nitrogen and oxygen atoms in total. The SMILES string of the molecule is CC12CCC(C(=Cc3ccc(S(=O)(=O)O)cc3)C1)C2(C)C. The molecule has 2 fully saturated rings. The Hall–Kier alpha value is -1.13. The largest absolute Gasteiger partial charge is 0.294 e. The summed E-state index contributed by atoms with van der Waals surface area (Å²) in [5.41, 5.74) is 3.21. The third kappa shape index (κ3) is 2.25. The van der Waals surface area contributed by atoms with Gasteiger partial charge in [0.05, 0.1) is 4.90 Å². The molecule has 2 atom stereocenters. The van der Waals surface area contributed by atoms with Crippen LogP contribution < -0.4 is 0 Å². The highest BCUT2D eigenvalue weighted by atomic mass is 32.2. The van der Waals surface area contributed by atoms with E-state index in [9.17, 15) is 8.42 Å². The van der Waals surface area contributed by atoms with Crippen LogP contribution in [0.15, 0.2) is 34.7 Å². The molecule has 1 N–H and O–H groups in total. The highest BCUT2D eigenvalue weighted by Gasteiger charge is 2.58. The molecule has 0 amide bonds. The number of benzene rings is 1. The molecule has 2 bridgehead atoms. The van der Waals surface area contributed by atoms with Crippen LogP contribution in [0.3, 0.4) is 0 Å². The van der Waals surface area contributed by atoms with Crippen LogP contribution in [0.2, 0.25) is 0 Å². The molecule has 2 saturated carbocycles. The minimum Gasteiger partial charge on any atom is -0.282 e. The smallest absolute Gasteiger partial charge is 0.282 e. The van der Waals surface area contributed by atoms with Gasteiger partial charge in [-0.15, -0.1) is 0 Å². The molecular weight excluding hydrogens is 284 g/mol. The number of fused-ring (bicyclic) bond motifs is 2. The van der Waals surface area contributed by atoms with Gasteiger partial charge in [-0.25, -0.2) is 0 Å². The Labute approximate surface area is 126 Å². The molecule has 0 saturated heterocycles. The summed E-state index contributed by atoms with van der Waals surface area (Å²) in [6, 6.07) is 6.44. The van der Waals surface area contributed by atoms with Gasteiger partial charge in [-0.3, -0.25) is 4.55 Å². The Balaban J connectivity index is 1.91. The molecule has 4 heteroatoms. The van der Waals surface area contributed by atoms with Crippen molar-refractivity contribution in [1.29, 1.82) is 0 Å². The maximum absolute atomic E-state index is 11.1. The zero-order chi connectivity index (χ0) is 15.5. The number of rotatable bonds is 2. The second kappa shape index (κ2) is 4.43. The number of hydrogen-bond acceptors (Lipinski definition) is 2. The van der Waals surface area contributed by atoms with E-state index in [1.54, 1.807) is 12.1 Å². The first-order chi connectivity index (χ1) is 9.63. The van der Waals surface area contributed by atoms with E-state index < -0.39 is 10.1 Å². The predicted octanol–water partition coefficient (Wildman–Crippen LogP) is 4.16. The molecule has 2 aliphatic rings. The van der Waals surface area contributed by atoms with Gasteiger partial charge in [0.2, 0.25) is 0 Å². The van der Waals surface area contributed by atoms with E-state index >= 15 is 0 Å². The van der Waals surface area contributed by atoms with Crippen LogP contribution >= 0.6 is 0 Å². The number of allylic oxidation sites excluding steroid dienone is 1. The van der Waals surface area contributed by atoms with Gasteiger partial charge in [-0.05, 0) is 53.7 Å². The van der Waals surface area contributed by atoms with Crippen LogP contribution in [0.5, 0.6) is 0 Å². The van der Waals surface area contributed by atoms with Crippen molar-refractivity contribution in [3.05, 3.63) is 35.4 Å². The van der Waals surface area contributed by atoms with E-state index in [2.05, 4.69) is 26.8 Å². The highest BCUT2D eigenvalue weighted by Crippen LogP contribution is 2.67. The lowest BCUT2D eigenvalue weighted by Gasteiger charge is -2.33. The molecule has 0 aliphatic heterocycles. The topological polar surface area (TPSA) is 54.4 Å². The Bertz CT molecular complexity index is 695. The van der Waals surface area contributed by atoms with E-state index in [4.69, 9.17) is 4.55 Å². The minimum atomic E-state index is -4.10. The summed E-state index contributed by atoms with van der Waals surface area (Å²) in [4.78, 5) is -0.0510. The van der Waals surface area contributed by atoms with Gasteiger partial charge in [-0.2, -0.15) is 8.42 Å². The predicted molar refractivity (Wildman–Crippen MR) is 83.5 cm³/mol. The molecule has 2 aliphatic carbocycles. The molecule has 0 aromatic heterocycles. The zero-order valence-electron chi connectivity index (χ0n) is 12.8. The normalized spacial score (nSPS) is 32.8. The van der Waals surface area contributed by atoms with E-state index in [1.807, 2.05) is 0 Å². The zero-order valence-corrected chi connectivity index (χ0v) is 13.6. The van der Waals surface area contributed by atoms with Crippen molar-refractivity contribution in [2.75, 3.05) is 0 Å². The van der Waals surface area contributed by atoms with E-state index in [0.29, 0.717) is 16.7 Å². The lowest BCUT2D eigenvalue weighted by atomic mass is 9.71. The quantitative estimate of drug-likeness (QED) is 0.835. The highest BCUT2D eigenvalue weighted by molar-refractivity contribution is 7.85. The van der Waals surface area contributed by atoms with Crippen molar-refractivity contribution in [1.82, 2.24) is 0 Å². The van der Waals surface area contributed by atoms with Crippen molar-refractivity contribution in [2.45, 2.75) is 44.9 Å². The third-order valence-corrected chi connectivity index (χ3v) is 6.85. The lowest BCUT2D eigenvalue weighted by Crippen LogP contribution is -2.26. The number of hydrogen-bond donors (Lipinski definition) is 1. The Morgan fingerprint density at radius 1 is 1.19 bits per heavy atom. The summed E-state index contributed by atoms with van der Waals surface area (Å²) in [7, 11) is -4.10. The molecule has 2 unspecified atom stereocenters. The van der Waals surface area contributed by atoms with Crippen molar-refractivity contribution in [2.24, 2.45) is 16.7 Å². The maximum Gasteiger partial charge on any atom is 0.294 e.